The molecule has 0 aliphatic carbocycles. The summed E-state index contributed by atoms with van der Waals surface area (Å²) in [6, 6.07) is 8.11. The standard InChI is InChI=1S/C15H23N3O2/c1-17(2)15(19)16-10-12-8-9-18(11-12)13-4-6-14(20-3)7-5-13/h4-7,12H,8-11H2,1-3H3,(H,16,19). The molecule has 1 atom stereocenters. The topological polar surface area (TPSA) is 44.8 Å². The molecule has 0 spiro atoms. The Balaban J connectivity index is 1.83. The molecule has 5 heteroatoms. The van der Waals surface area contributed by atoms with Gasteiger partial charge in [0.1, 0.15) is 5.75 Å². The highest BCUT2D eigenvalue weighted by Gasteiger charge is 2.23. The van der Waals surface area contributed by atoms with Gasteiger partial charge in [0.15, 0.2) is 0 Å². The summed E-state index contributed by atoms with van der Waals surface area (Å²) in [6.07, 6.45) is 1.11. The number of nitrogens with zero attached hydrogens (tertiary/aromatic N) is 2. The number of ether oxygens (including phenoxy) is 1. The average molecular weight is 277 g/mol. The average Bonchev–Trinajstić information content (AvgIpc) is 2.93. The van der Waals surface area contributed by atoms with E-state index in [1.54, 1.807) is 26.1 Å². The molecule has 20 heavy (non-hydrogen) atoms. The molecule has 1 aromatic carbocycles. The monoisotopic (exact) mass is 277 g/mol. The predicted molar refractivity (Wildman–Crippen MR) is 80.4 cm³/mol. The Hall–Kier alpha value is -1.91. The second-order valence-electron chi connectivity index (χ2n) is 5.38. The molecule has 1 unspecified atom stereocenters. The van der Waals surface area contributed by atoms with Crippen molar-refractivity contribution in [1.29, 1.82) is 0 Å². The van der Waals surface area contributed by atoms with Gasteiger partial charge < -0.3 is 19.9 Å². The fourth-order valence-corrected chi connectivity index (χ4v) is 2.42. The molecule has 1 saturated heterocycles. The summed E-state index contributed by atoms with van der Waals surface area (Å²) in [5.41, 5.74) is 1.22. The maximum absolute atomic E-state index is 11.5. The van der Waals surface area contributed by atoms with Crippen molar-refractivity contribution in [3.63, 3.8) is 0 Å². The highest BCUT2D eigenvalue weighted by atomic mass is 16.5. The molecule has 1 heterocycles. The molecule has 1 aromatic rings. The SMILES string of the molecule is COc1ccc(N2CCC(CNC(=O)N(C)C)C2)cc1. The molecular weight excluding hydrogens is 254 g/mol. The molecular formula is C15H23N3O2. The smallest absolute Gasteiger partial charge is 0.316 e. The molecule has 0 bridgehead atoms. The number of carbonyl (C=O) groups excluding carboxylic acids is 1. The Morgan fingerprint density at radius 1 is 1.40 bits per heavy atom. The molecule has 1 aliphatic rings. The maximum Gasteiger partial charge on any atom is 0.316 e. The third-order valence-electron chi connectivity index (χ3n) is 3.67. The number of methoxy groups -OCH3 is 1. The summed E-state index contributed by atoms with van der Waals surface area (Å²) >= 11 is 0. The van der Waals surface area contributed by atoms with Crippen LogP contribution in [-0.2, 0) is 0 Å². The molecule has 1 N–H and O–H groups in total. The Bertz CT molecular complexity index is 445. The van der Waals surface area contributed by atoms with Crippen molar-refractivity contribution in [3.8, 4) is 5.75 Å². The fourth-order valence-electron chi connectivity index (χ4n) is 2.42. The number of benzene rings is 1. The molecule has 2 rings (SSSR count). The van der Waals surface area contributed by atoms with Crippen LogP contribution in [0.15, 0.2) is 24.3 Å². The predicted octanol–water partition coefficient (Wildman–Crippen LogP) is 1.79. The molecule has 0 aromatic heterocycles. The summed E-state index contributed by atoms with van der Waals surface area (Å²) < 4.78 is 5.17. The van der Waals surface area contributed by atoms with E-state index in [9.17, 15) is 4.79 Å². The number of hydrogen-bond donors (Lipinski definition) is 1. The molecule has 0 saturated carbocycles. The lowest BCUT2D eigenvalue weighted by Gasteiger charge is -2.19. The number of rotatable bonds is 4. The van der Waals surface area contributed by atoms with Crippen LogP contribution in [0, 0.1) is 5.92 Å². The molecule has 2 amide bonds. The first-order valence-corrected chi connectivity index (χ1v) is 6.94. The zero-order valence-corrected chi connectivity index (χ0v) is 12.4. The maximum atomic E-state index is 11.5. The Morgan fingerprint density at radius 3 is 2.70 bits per heavy atom. The number of nitrogens with one attached hydrogen (secondary N) is 1. The van der Waals surface area contributed by atoms with E-state index in [0.717, 1.165) is 31.8 Å². The number of carbonyl (C=O) groups is 1. The first-order chi connectivity index (χ1) is 9.60. The fraction of sp³-hybridized carbons (Fsp3) is 0.533. The highest BCUT2D eigenvalue weighted by Crippen LogP contribution is 2.25. The second kappa shape index (κ2) is 6.50. The lowest BCUT2D eigenvalue weighted by Crippen LogP contribution is -2.38. The van der Waals surface area contributed by atoms with Gasteiger partial charge >= 0.3 is 6.03 Å². The van der Waals surface area contributed by atoms with Crippen molar-refractivity contribution in [3.05, 3.63) is 24.3 Å². The first-order valence-electron chi connectivity index (χ1n) is 6.94. The molecule has 0 radical (unpaired) electrons. The highest BCUT2D eigenvalue weighted by molar-refractivity contribution is 5.73. The normalized spacial score (nSPS) is 17.9. The van der Waals surface area contributed by atoms with Crippen LogP contribution in [0.5, 0.6) is 5.75 Å². The van der Waals surface area contributed by atoms with Crippen LogP contribution in [0.2, 0.25) is 0 Å². The van der Waals surface area contributed by atoms with Crippen LogP contribution in [-0.4, -0.2) is 51.8 Å². The summed E-state index contributed by atoms with van der Waals surface area (Å²) in [7, 11) is 5.19. The van der Waals surface area contributed by atoms with Crippen molar-refractivity contribution in [2.75, 3.05) is 45.7 Å². The van der Waals surface area contributed by atoms with Crippen molar-refractivity contribution >= 4 is 11.7 Å². The number of anilines is 1. The summed E-state index contributed by atoms with van der Waals surface area (Å²) in [4.78, 5) is 15.4. The Kier molecular flexibility index (Phi) is 4.71. The lowest BCUT2D eigenvalue weighted by atomic mass is 10.1. The van der Waals surface area contributed by atoms with Gasteiger partial charge in [-0.3, -0.25) is 0 Å². The second-order valence-corrected chi connectivity index (χ2v) is 5.38. The van der Waals surface area contributed by atoms with Crippen LogP contribution in [0.1, 0.15) is 6.42 Å². The van der Waals surface area contributed by atoms with Gasteiger partial charge in [0.2, 0.25) is 0 Å². The van der Waals surface area contributed by atoms with Crippen LogP contribution >= 0.6 is 0 Å². The van der Waals surface area contributed by atoms with Crippen molar-refractivity contribution in [2.45, 2.75) is 6.42 Å². The van der Waals surface area contributed by atoms with Crippen LogP contribution in [0.25, 0.3) is 0 Å². The third kappa shape index (κ3) is 3.56. The van der Waals surface area contributed by atoms with E-state index in [1.165, 1.54) is 5.69 Å². The molecule has 1 fully saturated rings. The van der Waals surface area contributed by atoms with Crippen molar-refractivity contribution in [2.24, 2.45) is 5.92 Å². The zero-order chi connectivity index (χ0) is 14.5. The summed E-state index contributed by atoms with van der Waals surface area (Å²) in [5, 5.41) is 2.95. The Labute approximate surface area is 120 Å². The number of urea groups is 1. The quantitative estimate of drug-likeness (QED) is 0.912. The van der Waals surface area contributed by atoms with Crippen LogP contribution in [0.3, 0.4) is 0 Å². The zero-order valence-electron chi connectivity index (χ0n) is 12.4. The van der Waals surface area contributed by atoms with Gasteiger partial charge in [-0.25, -0.2) is 4.79 Å². The minimum absolute atomic E-state index is 0.0205. The van der Waals surface area contributed by atoms with Gasteiger partial charge in [-0.1, -0.05) is 0 Å². The largest absolute Gasteiger partial charge is 0.497 e. The van der Waals surface area contributed by atoms with E-state index in [4.69, 9.17) is 4.74 Å². The van der Waals surface area contributed by atoms with Crippen LogP contribution in [0.4, 0.5) is 10.5 Å². The molecule has 110 valence electrons. The summed E-state index contributed by atoms with van der Waals surface area (Å²) in [6.45, 7) is 2.76. The molecule has 1 aliphatic heterocycles. The van der Waals surface area contributed by atoms with E-state index < -0.39 is 0 Å². The first kappa shape index (κ1) is 14.5. The van der Waals surface area contributed by atoms with Crippen molar-refractivity contribution in [1.82, 2.24) is 10.2 Å². The van der Waals surface area contributed by atoms with E-state index >= 15 is 0 Å². The third-order valence-corrected chi connectivity index (χ3v) is 3.67. The minimum atomic E-state index is -0.0205. The Morgan fingerprint density at radius 2 is 2.10 bits per heavy atom. The number of hydrogen-bond acceptors (Lipinski definition) is 3. The van der Waals surface area contributed by atoms with E-state index in [0.29, 0.717) is 5.92 Å². The van der Waals surface area contributed by atoms with Gasteiger partial charge in [0.25, 0.3) is 0 Å². The lowest BCUT2D eigenvalue weighted by molar-refractivity contribution is 0.216. The number of amides is 2. The van der Waals surface area contributed by atoms with Gasteiger partial charge in [-0.2, -0.15) is 0 Å². The van der Waals surface area contributed by atoms with E-state index in [-0.39, 0.29) is 6.03 Å². The van der Waals surface area contributed by atoms with Gasteiger partial charge in [-0.05, 0) is 36.6 Å². The molecule has 5 nitrogen and oxygen atoms in total. The van der Waals surface area contributed by atoms with Gasteiger partial charge in [0.05, 0.1) is 7.11 Å². The van der Waals surface area contributed by atoms with Crippen LogP contribution < -0.4 is 15.0 Å². The van der Waals surface area contributed by atoms with Gasteiger partial charge in [0, 0.05) is 39.4 Å². The van der Waals surface area contributed by atoms with Gasteiger partial charge in [-0.15, -0.1) is 0 Å². The van der Waals surface area contributed by atoms with E-state index in [2.05, 4.69) is 22.3 Å². The summed E-state index contributed by atoms with van der Waals surface area (Å²) in [5.74, 6) is 1.39. The minimum Gasteiger partial charge on any atom is -0.497 e. The van der Waals surface area contributed by atoms with Crippen molar-refractivity contribution < 1.29 is 9.53 Å². The van der Waals surface area contributed by atoms with E-state index in [1.807, 2.05) is 12.1 Å².